The Hall–Kier alpha value is 0.710. The molecule has 0 amide bonds. The molecule has 0 aromatic heterocycles. The van der Waals surface area contributed by atoms with Crippen LogP contribution in [0.25, 0.3) is 0 Å². The van der Waals surface area contributed by atoms with Crippen LogP contribution in [-0.4, -0.2) is 8.80 Å². The quantitative estimate of drug-likeness (QED) is 0.434. The van der Waals surface area contributed by atoms with Gasteiger partial charge in [-0.15, -0.1) is 0 Å². The van der Waals surface area contributed by atoms with E-state index in [0.29, 0.717) is 0 Å². The van der Waals surface area contributed by atoms with Crippen molar-refractivity contribution in [2.24, 2.45) is 0 Å². The van der Waals surface area contributed by atoms with Crippen molar-refractivity contribution in [1.82, 2.24) is 0 Å². The number of hydrogen-bond acceptors (Lipinski definition) is 0. The molecule has 0 aromatic carbocycles. The van der Waals surface area contributed by atoms with Crippen LogP contribution in [0.5, 0.6) is 0 Å². The van der Waals surface area contributed by atoms with Crippen molar-refractivity contribution in [3.05, 3.63) is 0 Å². The average molecular weight is 133 g/mol. The van der Waals surface area contributed by atoms with E-state index in [9.17, 15) is 0 Å². The van der Waals surface area contributed by atoms with Gasteiger partial charge in [-0.25, -0.2) is 0 Å². The summed E-state index contributed by atoms with van der Waals surface area (Å²) in [4.78, 5) is 0. The van der Waals surface area contributed by atoms with E-state index in [1.165, 1.54) is 0 Å². The second kappa shape index (κ2) is 4.71. The van der Waals surface area contributed by atoms with Crippen molar-refractivity contribution < 1.29 is 16.5 Å². The van der Waals surface area contributed by atoms with Gasteiger partial charge in [-0.2, -0.15) is 0 Å². The van der Waals surface area contributed by atoms with Crippen LogP contribution in [0, 0.1) is 0 Å². The van der Waals surface area contributed by atoms with Gasteiger partial charge in [0.05, 0.1) is 0 Å². The molecule has 0 aliphatic carbocycles. The Morgan fingerprint density at radius 3 is 1.00 bits per heavy atom. The fourth-order valence-electron chi connectivity index (χ4n) is 0. The molecular formula is C3H10NiSi. The fraction of sp³-hybridized carbons (Fsp3) is 1.00. The predicted molar refractivity (Wildman–Crippen MR) is 24.7 cm³/mol. The van der Waals surface area contributed by atoms with E-state index in [1.807, 2.05) is 0 Å². The molecule has 0 aromatic rings. The van der Waals surface area contributed by atoms with Crippen molar-refractivity contribution in [1.29, 1.82) is 0 Å². The molecule has 0 aliphatic heterocycles. The molecule has 0 bridgehead atoms. The molecular weight excluding hydrogens is 123 g/mol. The number of hydrogen-bond donors (Lipinski definition) is 0. The van der Waals surface area contributed by atoms with E-state index in [1.54, 1.807) is 0 Å². The van der Waals surface area contributed by atoms with Crippen LogP contribution in [0.1, 0.15) is 0 Å². The zero-order chi connectivity index (χ0) is 3.58. The molecule has 36 valence electrons. The van der Waals surface area contributed by atoms with Crippen molar-refractivity contribution in [2.75, 3.05) is 0 Å². The van der Waals surface area contributed by atoms with Gasteiger partial charge in [0.25, 0.3) is 0 Å². The standard InChI is InChI=1S/C3H10Si.Ni/c1-4(2)3;/h4H,1-3H3;. The van der Waals surface area contributed by atoms with Crippen molar-refractivity contribution in [2.45, 2.75) is 19.6 Å². The molecule has 0 rings (SSSR count). The summed E-state index contributed by atoms with van der Waals surface area (Å²) in [5, 5.41) is 0. The van der Waals surface area contributed by atoms with Gasteiger partial charge in [0.1, 0.15) is 0 Å². The summed E-state index contributed by atoms with van der Waals surface area (Å²) in [7, 11) is -0.139. The van der Waals surface area contributed by atoms with Crippen molar-refractivity contribution in [3.8, 4) is 0 Å². The Balaban J connectivity index is 0. The largest absolute Gasteiger partial charge is 0.0724 e. The normalized spacial score (nSPS) is 7.20. The molecule has 0 fully saturated rings. The zero-order valence-electron chi connectivity index (χ0n) is 3.89. The molecule has 0 nitrogen and oxygen atoms in total. The van der Waals surface area contributed by atoms with E-state index in [4.69, 9.17) is 0 Å². The van der Waals surface area contributed by atoms with Crippen molar-refractivity contribution in [3.63, 3.8) is 0 Å². The maximum absolute atomic E-state index is 2.31. The topological polar surface area (TPSA) is 0 Å². The van der Waals surface area contributed by atoms with Crippen molar-refractivity contribution >= 4 is 8.80 Å². The molecule has 2 heteroatoms. The van der Waals surface area contributed by atoms with Crippen LogP contribution in [0.15, 0.2) is 0 Å². The minimum absolute atomic E-state index is 0. The zero-order valence-corrected chi connectivity index (χ0v) is 6.04. The molecule has 0 N–H and O–H groups in total. The molecule has 0 radical (unpaired) electrons. The molecule has 0 aliphatic rings. The van der Waals surface area contributed by atoms with Gasteiger partial charge >= 0.3 is 0 Å². The molecule has 0 saturated carbocycles. The minimum atomic E-state index is -0.139. The Morgan fingerprint density at radius 1 is 1.00 bits per heavy atom. The van der Waals surface area contributed by atoms with Crippen LogP contribution in [0.2, 0.25) is 19.6 Å². The summed E-state index contributed by atoms with van der Waals surface area (Å²) >= 11 is 0. The van der Waals surface area contributed by atoms with E-state index < -0.39 is 0 Å². The summed E-state index contributed by atoms with van der Waals surface area (Å²) in [5.41, 5.74) is 0. The first-order chi connectivity index (χ1) is 1.73. The SMILES string of the molecule is C[SiH](C)C.[Ni]. The first-order valence-electron chi connectivity index (χ1n) is 1.73. The third-order valence-electron chi connectivity index (χ3n) is 0. The van der Waals surface area contributed by atoms with Crippen LogP contribution in [-0.2, 0) is 16.5 Å². The first-order valence-corrected chi connectivity index (χ1v) is 5.20. The maximum Gasteiger partial charge on any atom is 0.0274 e. The average Bonchev–Trinajstić information content (AvgIpc) is 0.811. The Kier molecular flexibility index (Phi) is 8.67. The molecule has 5 heavy (non-hydrogen) atoms. The predicted octanol–water partition coefficient (Wildman–Crippen LogP) is 1.10. The van der Waals surface area contributed by atoms with E-state index in [-0.39, 0.29) is 25.3 Å². The van der Waals surface area contributed by atoms with E-state index in [2.05, 4.69) is 19.6 Å². The second-order valence-electron chi connectivity index (χ2n) is 1.73. The maximum atomic E-state index is 2.31. The van der Waals surface area contributed by atoms with Gasteiger partial charge in [-0.3, -0.25) is 0 Å². The number of rotatable bonds is 0. The first kappa shape index (κ1) is 9.20. The van der Waals surface area contributed by atoms with Gasteiger partial charge in [0.2, 0.25) is 0 Å². The van der Waals surface area contributed by atoms with Gasteiger partial charge in [0.15, 0.2) is 0 Å². The smallest absolute Gasteiger partial charge is 0.0274 e. The summed E-state index contributed by atoms with van der Waals surface area (Å²) < 4.78 is 0. The third kappa shape index (κ3) is 68.6. The van der Waals surface area contributed by atoms with Gasteiger partial charge in [-0.1, -0.05) is 19.6 Å². The second-order valence-corrected chi connectivity index (χ2v) is 5.20. The summed E-state index contributed by atoms with van der Waals surface area (Å²) in [5.74, 6) is 0. The van der Waals surface area contributed by atoms with Gasteiger partial charge < -0.3 is 0 Å². The fourth-order valence-corrected chi connectivity index (χ4v) is 0. The molecule has 0 unspecified atom stereocenters. The summed E-state index contributed by atoms with van der Waals surface area (Å²) in [6, 6.07) is 0. The van der Waals surface area contributed by atoms with Gasteiger partial charge in [0, 0.05) is 25.3 Å². The van der Waals surface area contributed by atoms with Crippen LogP contribution in [0.3, 0.4) is 0 Å². The van der Waals surface area contributed by atoms with Crippen LogP contribution < -0.4 is 0 Å². The minimum Gasteiger partial charge on any atom is -0.0724 e. The third-order valence-corrected chi connectivity index (χ3v) is 0. The summed E-state index contributed by atoms with van der Waals surface area (Å²) in [6.45, 7) is 6.92. The van der Waals surface area contributed by atoms with Crippen LogP contribution in [0.4, 0.5) is 0 Å². The van der Waals surface area contributed by atoms with Crippen LogP contribution >= 0.6 is 0 Å². The Labute approximate surface area is 45.5 Å². The van der Waals surface area contributed by atoms with Gasteiger partial charge in [-0.05, 0) is 0 Å². The molecule has 0 spiro atoms. The van der Waals surface area contributed by atoms with E-state index >= 15 is 0 Å². The van der Waals surface area contributed by atoms with E-state index in [0.717, 1.165) is 0 Å². The molecule has 0 heterocycles. The monoisotopic (exact) mass is 132 g/mol. The molecule has 0 saturated heterocycles. The Bertz CT molecular complexity index is 11.6. The molecule has 0 atom stereocenters. The Morgan fingerprint density at radius 2 is 1.00 bits per heavy atom. The summed E-state index contributed by atoms with van der Waals surface area (Å²) in [6.07, 6.45) is 0.